The first-order valence-electron chi connectivity index (χ1n) is 4.12. The molecule has 0 radical (unpaired) electrons. The third-order valence-corrected chi connectivity index (χ3v) is 1.86. The molecule has 0 fully saturated rings. The molecule has 78 valence electrons. The molecule has 1 aromatic carbocycles. The lowest BCUT2D eigenvalue weighted by Crippen LogP contribution is -2.07. The summed E-state index contributed by atoms with van der Waals surface area (Å²) in [5.41, 5.74) is 4.99. The zero-order chi connectivity index (χ0) is 10.7. The fourth-order valence-electron chi connectivity index (χ4n) is 1.15. The largest absolute Gasteiger partial charge is 0.505 e. The Labute approximate surface area is 79.8 Å². The average molecular weight is 203 g/mol. The first kappa shape index (κ1) is 10.9. The van der Waals surface area contributed by atoms with E-state index in [9.17, 15) is 19.0 Å². The summed E-state index contributed by atoms with van der Waals surface area (Å²) >= 11 is 0. The smallest absolute Gasteiger partial charge is 0.168 e. The van der Waals surface area contributed by atoms with Crippen molar-refractivity contribution in [2.45, 2.75) is 12.5 Å². The molecule has 4 N–H and O–H groups in total. The highest BCUT2D eigenvalue weighted by atomic mass is 19.1. The van der Waals surface area contributed by atoms with Gasteiger partial charge in [-0.2, -0.15) is 0 Å². The van der Waals surface area contributed by atoms with Gasteiger partial charge in [0.2, 0.25) is 0 Å². The van der Waals surface area contributed by atoms with Crippen LogP contribution in [0.15, 0.2) is 12.1 Å². The van der Waals surface area contributed by atoms with Crippen LogP contribution in [-0.2, 0) is 0 Å². The van der Waals surface area contributed by atoms with E-state index in [-0.39, 0.29) is 18.5 Å². The van der Waals surface area contributed by atoms with E-state index in [1.807, 2.05) is 0 Å². The lowest BCUT2D eigenvalue weighted by Gasteiger charge is -2.11. The highest BCUT2D eigenvalue weighted by Crippen LogP contribution is 2.29. The highest BCUT2D eigenvalue weighted by molar-refractivity contribution is 5.35. The molecule has 5 heteroatoms. The monoisotopic (exact) mass is 203 g/mol. The summed E-state index contributed by atoms with van der Waals surface area (Å²) in [6.07, 6.45) is -1.01. The molecule has 1 unspecified atom stereocenters. The molecule has 0 amide bonds. The Hall–Kier alpha value is -1.20. The highest BCUT2D eigenvalue weighted by Gasteiger charge is 2.16. The van der Waals surface area contributed by atoms with E-state index in [1.54, 1.807) is 0 Å². The van der Waals surface area contributed by atoms with Gasteiger partial charge in [0.05, 0.1) is 6.10 Å². The van der Waals surface area contributed by atoms with Gasteiger partial charge in [0.15, 0.2) is 11.6 Å². The Morgan fingerprint density at radius 3 is 2.57 bits per heavy atom. The quantitative estimate of drug-likeness (QED) is 0.688. The second kappa shape index (κ2) is 4.34. The first-order chi connectivity index (χ1) is 6.56. The second-order valence-electron chi connectivity index (χ2n) is 2.92. The third kappa shape index (κ3) is 2.18. The molecule has 0 bridgehead atoms. The van der Waals surface area contributed by atoms with Crippen molar-refractivity contribution in [3.8, 4) is 5.75 Å². The van der Waals surface area contributed by atoms with Crippen molar-refractivity contribution in [2.24, 2.45) is 5.73 Å². The maximum absolute atomic E-state index is 12.8. The minimum atomic E-state index is -1.15. The molecule has 1 aromatic rings. The van der Waals surface area contributed by atoms with Gasteiger partial charge < -0.3 is 15.9 Å². The standard InChI is InChI=1S/C9H11F2NO2/c10-5-3-6(8(13)1-2-12)9(14)7(11)4-5/h3-4,8,13-14H,1-2,12H2. The predicted molar refractivity (Wildman–Crippen MR) is 46.7 cm³/mol. The van der Waals surface area contributed by atoms with Gasteiger partial charge in [-0.3, -0.25) is 0 Å². The summed E-state index contributed by atoms with van der Waals surface area (Å²) in [5.74, 6) is -2.66. The van der Waals surface area contributed by atoms with Crippen LogP contribution in [0.2, 0.25) is 0 Å². The Morgan fingerprint density at radius 2 is 2.00 bits per heavy atom. The predicted octanol–water partition coefficient (Wildman–Crippen LogP) is 1.05. The van der Waals surface area contributed by atoms with Crippen LogP contribution < -0.4 is 5.73 Å². The van der Waals surface area contributed by atoms with Crippen molar-refractivity contribution in [3.05, 3.63) is 29.3 Å². The van der Waals surface area contributed by atoms with Gasteiger partial charge in [-0.25, -0.2) is 8.78 Å². The summed E-state index contributed by atoms with van der Waals surface area (Å²) in [6, 6.07) is 1.44. The van der Waals surface area contributed by atoms with E-state index in [4.69, 9.17) is 5.73 Å². The summed E-state index contributed by atoms with van der Waals surface area (Å²) in [4.78, 5) is 0. The molecule has 0 aliphatic carbocycles. The number of aromatic hydroxyl groups is 1. The van der Waals surface area contributed by atoms with Crippen LogP contribution in [0.1, 0.15) is 18.1 Å². The molecule has 0 aromatic heterocycles. The minimum Gasteiger partial charge on any atom is -0.505 e. The van der Waals surface area contributed by atoms with Gasteiger partial charge in [0.25, 0.3) is 0 Å². The van der Waals surface area contributed by atoms with Crippen molar-refractivity contribution in [1.29, 1.82) is 0 Å². The maximum atomic E-state index is 12.8. The van der Waals surface area contributed by atoms with Gasteiger partial charge in [-0.1, -0.05) is 0 Å². The van der Waals surface area contributed by atoms with Gasteiger partial charge >= 0.3 is 0 Å². The number of aliphatic hydroxyl groups excluding tert-OH is 1. The van der Waals surface area contributed by atoms with Crippen LogP contribution in [0.4, 0.5) is 8.78 Å². The van der Waals surface area contributed by atoms with E-state index >= 15 is 0 Å². The third-order valence-electron chi connectivity index (χ3n) is 1.86. The molecule has 14 heavy (non-hydrogen) atoms. The summed E-state index contributed by atoms with van der Waals surface area (Å²) in [5, 5.41) is 18.6. The Morgan fingerprint density at radius 1 is 1.36 bits per heavy atom. The van der Waals surface area contributed by atoms with E-state index in [0.717, 1.165) is 6.07 Å². The van der Waals surface area contributed by atoms with Gasteiger partial charge in [0, 0.05) is 11.6 Å². The Bertz CT molecular complexity index is 331. The Kier molecular flexibility index (Phi) is 3.38. The SMILES string of the molecule is NCCC(O)c1cc(F)cc(F)c1O. The number of halogens is 2. The number of hydrogen-bond donors (Lipinski definition) is 3. The normalized spacial score (nSPS) is 12.9. The van der Waals surface area contributed by atoms with Crippen molar-refractivity contribution >= 4 is 0 Å². The fourth-order valence-corrected chi connectivity index (χ4v) is 1.15. The van der Waals surface area contributed by atoms with Crippen LogP contribution in [0.3, 0.4) is 0 Å². The van der Waals surface area contributed by atoms with Crippen molar-refractivity contribution < 1.29 is 19.0 Å². The number of nitrogens with two attached hydrogens (primary N) is 1. The minimum absolute atomic E-state index is 0.135. The average Bonchev–Trinajstić information content (AvgIpc) is 2.11. The maximum Gasteiger partial charge on any atom is 0.168 e. The van der Waals surface area contributed by atoms with E-state index in [2.05, 4.69) is 0 Å². The molecule has 1 atom stereocenters. The van der Waals surface area contributed by atoms with Crippen LogP contribution in [-0.4, -0.2) is 16.8 Å². The van der Waals surface area contributed by atoms with Gasteiger partial charge in [-0.05, 0) is 19.0 Å². The lowest BCUT2D eigenvalue weighted by molar-refractivity contribution is 0.165. The molecule has 0 spiro atoms. The van der Waals surface area contributed by atoms with Gasteiger partial charge in [0.1, 0.15) is 5.82 Å². The molecule has 0 saturated carbocycles. The van der Waals surface area contributed by atoms with Crippen LogP contribution in [0.25, 0.3) is 0 Å². The van der Waals surface area contributed by atoms with Gasteiger partial charge in [-0.15, -0.1) is 0 Å². The molecular weight excluding hydrogens is 192 g/mol. The van der Waals surface area contributed by atoms with Crippen LogP contribution in [0.5, 0.6) is 5.75 Å². The zero-order valence-corrected chi connectivity index (χ0v) is 7.37. The number of benzene rings is 1. The number of aliphatic hydroxyl groups is 1. The number of hydrogen-bond acceptors (Lipinski definition) is 3. The van der Waals surface area contributed by atoms with Crippen LogP contribution >= 0.6 is 0 Å². The van der Waals surface area contributed by atoms with Crippen molar-refractivity contribution in [3.63, 3.8) is 0 Å². The second-order valence-corrected chi connectivity index (χ2v) is 2.92. The summed E-state index contributed by atoms with van der Waals surface area (Å²) < 4.78 is 25.5. The topological polar surface area (TPSA) is 66.5 Å². The molecule has 0 aliphatic heterocycles. The molecule has 1 rings (SSSR count). The van der Waals surface area contributed by atoms with Crippen LogP contribution in [0, 0.1) is 11.6 Å². The lowest BCUT2D eigenvalue weighted by atomic mass is 10.1. The fraction of sp³-hybridized carbons (Fsp3) is 0.333. The molecule has 0 saturated heterocycles. The number of phenolic OH excluding ortho intramolecular Hbond substituents is 1. The molecular formula is C9H11F2NO2. The summed E-state index contributed by atoms with van der Waals surface area (Å²) in [7, 11) is 0. The molecule has 0 aliphatic rings. The zero-order valence-electron chi connectivity index (χ0n) is 7.37. The number of rotatable bonds is 3. The molecule has 0 heterocycles. The van der Waals surface area contributed by atoms with E-state index in [1.165, 1.54) is 0 Å². The molecule has 3 nitrogen and oxygen atoms in total. The Balaban J connectivity index is 3.07. The summed E-state index contributed by atoms with van der Waals surface area (Å²) in [6.45, 7) is 0.165. The van der Waals surface area contributed by atoms with E-state index in [0.29, 0.717) is 6.07 Å². The first-order valence-corrected chi connectivity index (χ1v) is 4.12. The van der Waals surface area contributed by atoms with E-state index < -0.39 is 23.5 Å². The van der Waals surface area contributed by atoms with Crippen molar-refractivity contribution in [2.75, 3.05) is 6.54 Å². The van der Waals surface area contributed by atoms with Crippen molar-refractivity contribution in [1.82, 2.24) is 0 Å². The number of phenols is 1.